The summed E-state index contributed by atoms with van der Waals surface area (Å²) in [5.74, 6) is 0. The summed E-state index contributed by atoms with van der Waals surface area (Å²) >= 11 is 0. The fourth-order valence-corrected chi connectivity index (χ4v) is 8.57. The molecule has 4 heteroatoms. The molecule has 1 heterocycles. The minimum absolute atomic E-state index is 0. The molecular weight excluding hydrogens is 217 g/mol. The summed E-state index contributed by atoms with van der Waals surface area (Å²) in [5, 5.41) is 1.69. The fourth-order valence-electron chi connectivity index (χ4n) is 1.62. The van der Waals surface area contributed by atoms with E-state index < -0.39 is 16.1 Å². The smallest absolute Gasteiger partial charge is 0.157 e. The monoisotopic (exact) mass is 236 g/mol. The second kappa shape index (κ2) is 5.01. The van der Waals surface area contributed by atoms with Gasteiger partial charge in [-0.1, -0.05) is 24.8 Å². The van der Waals surface area contributed by atoms with Gasteiger partial charge in [0.2, 0.25) is 0 Å². The van der Waals surface area contributed by atoms with E-state index in [4.69, 9.17) is 4.66 Å². The summed E-state index contributed by atoms with van der Waals surface area (Å²) in [5.41, 5.74) is 2.77. The quantitative estimate of drug-likeness (QED) is 0.571. The predicted octanol–water partition coefficient (Wildman–Crippen LogP) is 2.10. The van der Waals surface area contributed by atoms with Crippen LogP contribution < -0.4 is 0 Å². The van der Waals surface area contributed by atoms with Gasteiger partial charge in [-0.25, -0.2) is 0 Å². The summed E-state index contributed by atoms with van der Waals surface area (Å²) < 4.78 is 4.83. The van der Waals surface area contributed by atoms with Gasteiger partial charge in [-0.05, 0) is 26.3 Å². The molecular formula is C9H19KNSi2. The Bertz CT molecular complexity index is 269. The summed E-state index contributed by atoms with van der Waals surface area (Å²) in [7, 11) is -1.86. The van der Waals surface area contributed by atoms with Gasteiger partial charge in [0.1, 0.15) is 0 Å². The van der Waals surface area contributed by atoms with Crippen LogP contribution in [0.4, 0.5) is 0 Å². The van der Waals surface area contributed by atoms with Crippen molar-refractivity contribution in [2.24, 2.45) is 4.66 Å². The van der Waals surface area contributed by atoms with E-state index in [1.54, 1.807) is 5.20 Å². The summed E-state index contributed by atoms with van der Waals surface area (Å²) in [4.78, 5) is 0. The van der Waals surface area contributed by atoms with Crippen molar-refractivity contribution >= 4 is 73.2 Å². The van der Waals surface area contributed by atoms with E-state index in [1.165, 1.54) is 11.3 Å². The molecule has 0 aromatic rings. The minimum Gasteiger partial charge on any atom is -0.332 e. The molecule has 0 fully saturated rings. The Morgan fingerprint density at radius 1 is 1.15 bits per heavy atom. The van der Waals surface area contributed by atoms with Crippen molar-refractivity contribution in [3.8, 4) is 0 Å². The third-order valence-electron chi connectivity index (χ3n) is 3.50. The van der Waals surface area contributed by atoms with Crippen molar-refractivity contribution in [2.45, 2.75) is 40.4 Å². The largest absolute Gasteiger partial charge is 0.332 e. The van der Waals surface area contributed by atoms with Gasteiger partial charge in [-0.15, -0.1) is 0 Å². The molecule has 1 rings (SSSR count). The van der Waals surface area contributed by atoms with E-state index in [2.05, 4.69) is 40.4 Å². The van der Waals surface area contributed by atoms with Crippen LogP contribution in [0.25, 0.3) is 0 Å². The molecule has 0 aromatic carbocycles. The first-order valence-electron chi connectivity index (χ1n) is 4.60. The Labute approximate surface area is 127 Å². The maximum atomic E-state index is 4.83. The fraction of sp³-hybridized carbons (Fsp3) is 0.667. The molecule has 0 N–H and O–H groups in total. The maximum absolute atomic E-state index is 4.83. The first-order valence-corrected chi connectivity index (χ1v) is 11.1. The van der Waals surface area contributed by atoms with Gasteiger partial charge in [0.25, 0.3) is 0 Å². The average Bonchev–Trinajstić information content (AvgIpc) is 1.99. The van der Waals surface area contributed by atoms with Crippen molar-refractivity contribution in [3.05, 3.63) is 10.8 Å². The molecule has 13 heavy (non-hydrogen) atoms. The normalized spacial score (nSPS) is 26.6. The van der Waals surface area contributed by atoms with Crippen LogP contribution in [0.1, 0.15) is 20.8 Å². The molecule has 1 unspecified atom stereocenters. The van der Waals surface area contributed by atoms with Crippen molar-refractivity contribution in [1.29, 1.82) is 0 Å². The van der Waals surface area contributed by atoms with E-state index in [0.717, 1.165) is 0 Å². The molecule has 0 aliphatic carbocycles. The number of hydrogen-bond donors (Lipinski definition) is 0. The third kappa shape index (κ3) is 2.74. The standard InChI is InChI=1S/C9H19NSi2.K/c1-7-8(2)10-11(4)12(5,6)9(7)3;/h11H,1-6H3;. The van der Waals surface area contributed by atoms with Crippen molar-refractivity contribution in [2.75, 3.05) is 0 Å². The van der Waals surface area contributed by atoms with E-state index >= 15 is 0 Å². The predicted molar refractivity (Wildman–Crippen MR) is 67.7 cm³/mol. The average molecular weight is 237 g/mol. The number of nitrogens with zero attached hydrogens (tertiary/aromatic N) is 1. The summed E-state index contributed by atoms with van der Waals surface area (Å²) in [6.07, 6.45) is 0. The van der Waals surface area contributed by atoms with E-state index in [9.17, 15) is 0 Å². The van der Waals surface area contributed by atoms with Crippen LogP contribution >= 0.6 is 0 Å². The molecule has 0 saturated heterocycles. The Morgan fingerprint density at radius 2 is 1.62 bits per heavy atom. The van der Waals surface area contributed by atoms with Crippen molar-refractivity contribution in [3.63, 3.8) is 0 Å². The number of allylic oxidation sites excluding steroid dienone is 2. The molecule has 1 nitrogen and oxygen atoms in total. The molecule has 1 aliphatic rings. The van der Waals surface area contributed by atoms with Crippen LogP contribution in [0.2, 0.25) is 19.6 Å². The molecule has 69 valence electrons. The summed E-state index contributed by atoms with van der Waals surface area (Å²) in [6.45, 7) is 14.0. The summed E-state index contributed by atoms with van der Waals surface area (Å²) in [6, 6.07) is 0. The van der Waals surface area contributed by atoms with Gasteiger partial charge >= 0.3 is 0 Å². The molecule has 0 saturated carbocycles. The molecule has 0 aromatic heterocycles. The molecule has 0 bridgehead atoms. The number of rotatable bonds is 0. The third-order valence-corrected chi connectivity index (χ3v) is 16.6. The van der Waals surface area contributed by atoms with E-state index in [0.29, 0.717) is 0 Å². The zero-order valence-electron chi connectivity index (χ0n) is 10.0. The second-order valence-corrected chi connectivity index (χ2v) is 17.0. The Kier molecular flexibility index (Phi) is 5.58. The molecule has 1 atom stereocenters. The SMILES string of the molecule is CC1=N[SiH](C)[Si](C)(C)C(C)=C1C.[K]. The van der Waals surface area contributed by atoms with Crippen LogP contribution in [0.15, 0.2) is 15.4 Å². The zero-order valence-corrected chi connectivity index (χ0v) is 15.3. The van der Waals surface area contributed by atoms with E-state index in [1.807, 2.05) is 0 Å². The van der Waals surface area contributed by atoms with Crippen molar-refractivity contribution in [1.82, 2.24) is 0 Å². The Balaban J connectivity index is 0.00000144. The first-order chi connectivity index (χ1) is 5.37. The second-order valence-electron chi connectivity index (χ2n) is 4.36. The minimum atomic E-state index is -1.07. The van der Waals surface area contributed by atoms with Crippen LogP contribution in [0.3, 0.4) is 0 Å². The van der Waals surface area contributed by atoms with Crippen molar-refractivity contribution < 1.29 is 0 Å². The Morgan fingerprint density at radius 3 is 2.08 bits per heavy atom. The van der Waals surface area contributed by atoms with Crippen LogP contribution in [-0.4, -0.2) is 73.2 Å². The van der Waals surface area contributed by atoms with Crippen LogP contribution in [-0.2, 0) is 0 Å². The van der Waals surface area contributed by atoms with Crippen LogP contribution in [0.5, 0.6) is 0 Å². The molecule has 1 aliphatic heterocycles. The van der Waals surface area contributed by atoms with Gasteiger partial charge in [0.05, 0.1) is 7.59 Å². The van der Waals surface area contributed by atoms with Gasteiger partial charge < -0.3 is 4.66 Å². The maximum Gasteiger partial charge on any atom is 0.157 e. The van der Waals surface area contributed by atoms with E-state index in [-0.39, 0.29) is 51.4 Å². The number of hydrogen-bond acceptors (Lipinski definition) is 1. The molecule has 1 radical (unpaired) electrons. The topological polar surface area (TPSA) is 12.4 Å². The molecule has 0 spiro atoms. The van der Waals surface area contributed by atoms with Gasteiger partial charge in [-0.2, -0.15) is 0 Å². The van der Waals surface area contributed by atoms with Gasteiger partial charge in [-0.3, -0.25) is 0 Å². The Hall–Kier alpha value is 1.48. The van der Waals surface area contributed by atoms with Gasteiger partial charge in [0, 0.05) is 57.1 Å². The van der Waals surface area contributed by atoms with Gasteiger partial charge in [0.15, 0.2) is 8.48 Å². The van der Waals surface area contributed by atoms with Crippen LogP contribution in [0, 0.1) is 0 Å². The zero-order chi connectivity index (χ0) is 9.52. The first kappa shape index (κ1) is 14.5. The molecule has 0 amide bonds.